The predicted molar refractivity (Wildman–Crippen MR) is 261 cm³/mol. The highest BCUT2D eigenvalue weighted by molar-refractivity contribution is 9.11. The Morgan fingerprint density at radius 3 is 1.63 bits per heavy atom. The van der Waals surface area contributed by atoms with Crippen LogP contribution in [0.15, 0.2) is 66.7 Å². The summed E-state index contributed by atoms with van der Waals surface area (Å²) < 4.78 is 3.52. The molecule has 3 saturated heterocycles. The Morgan fingerprint density at radius 2 is 1.16 bits per heavy atom. The number of pyridine rings is 2. The molecule has 0 bridgehead atoms. The zero-order valence-corrected chi connectivity index (χ0v) is 42.6. The summed E-state index contributed by atoms with van der Waals surface area (Å²) in [6.45, 7) is 6.57. The Bertz CT molecular complexity index is 2310. The normalized spacial score (nSPS) is 23.5. The van der Waals surface area contributed by atoms with Crippen molar-refractivity contribution in [1.82, 2.24) is 25.0 Å². The average Bonchev–Trinajstić information content (AvgIpc) is 3.45. The summed E-state index contributed by atoms with van der Waals surface area (Å²) in [4.78, 5) is 26.7. The molecule has 9 nitrogen and oxygen atoms in total. The molecular weight excluding hydrogens is 1090 g/mol. The molecule has 2 aliphatic carbocycles. The van der Waals surface area contributed by atoms with E-state index < -0.39 is 18.3 Å². The molecule has 2 atom stereocenters. The molecule has 3 fully saturated rings. The van der Waals surface area contributed by atoms with Crippen LogP contribution in [-0.2, 0) is 41.7 Å². The number of likely N-dealkylation sites (tertiary alicyclic amines) is 1. The van der Waals surface area contributed by atoms with Crippen LogP contribution in [0.25, 0.3) is 0 Å². The van der Waals surface area contributed by atoms with Crippen molar-refractivity contribution < 1.29 is 20.0 Å². The van der Waals surface area contributed by atoms with Crippen molar-refractivity contribution in [3.05, 3.63) is 121 Å². The summed E-state index contributed by atoms with van der Waals surface area (Å²) >= 11 is 27.2. The number of aromatic nitrogens is 2. The highest BCUT2D eigenvalue weighted by Crippen LogP contribution is 2.51. The Kier molecular flexibility index (Phi) is 15.0. The lowest BCUT2D eigenvalue weighted by Gasteiger charge is -2.43. The molecule has 5 heterocycles. The fourth-order valence-electron chi connectivity index (χ4n) is 10.8. The second-order valence-electron chi connectivity index (χ2n) is 17.7. The van der Waals surface area contributed by atoms with Gasteiger partial charge in [0.05, 0.1) is 11.4 Å². The molecule has 3 aliphatic heterocycles. The molecular formula is C46H52BBr4Cl2N5O4. The van der Waals surface area contributed by atoms with Gasteiger partial charge in [0.1, 0.15) is 11.2 Å². The van der Waals surface area contributed by atoms with Gasteiger partial charge in [0.2, 0.25) is 5.91 Å². The number of hydrogen-bond donors (Lipinski definition) is 4. The van der Waals surface area contributed by atoms with Crippen molar-refractivity contribution in [3.8, 4) is 0 Å². The number of amides is 1. The van der Waals surface area contributed by atoms with Crippen LogP contribution in [-0.4, -0.2) is 87.1 Å². The van der Waals surface area contributed by atoms with Gasteiger partial charge in [0, 0.05) is 82.8 Å². The van der Waals surface area contributed by atoms with Crippen LogP contribution in [0.1, 0.15) is 89.7 Å². The third kappa shape index (κ3) is 9.55. The van der Waals surface area contributed by atoms with E-state index in [4.69, 9.17) is 33.2 Å². The van der Waals surface area contributed by atoms with Crippen LogP contribution in [0.5, 0.6) is 0 Å². The number of nitrogens with one attached hydrogen (secondary N) is 1. The van der Waals surface area contributed by atoms with Gasteiger partial charge in [-0.1, -0.05) is 55.1 Å². The van der Waals surface area contributed by atoms with Crippen LogP contribution in [0.4, 0.5) is 0 Å². The number of fused-ring (bicyclic) bond motifs is 4. The second-order valence-corrected chi connectivity index (χ2v) is 22.1. The standard InChI is InChI=1S/C27H33BBr2ClN3O3.C19H19Br2ClN2O/c1-28(37)34-10-4-17(5-11-34)12-24(35)33-8-6-20(7-9-33)27(36)25-18(14-22(31)15-23(25)30)2-3-19-13-21(29)16-32-26(19)27;20-14-7-12-2-1-11-8-15(22)9-16(21)17(11)19(25,18(12)24-10-14)13-3-5-23-6-4-13/h13-17,20,36-37H,2-12H2,1H3;7-10,13,23,25H,1-6H2. The van der Waals surface area contributed by atoms with Gasteiger partial charge in [-0.15, -0.1) is 0 Å². The van der Waals surface area contributed by atoms with E-state index >= 15 is 0 Å². The molecule has 5 aliphatic rings. The predicted octanol–water partition coefficient (Wildman–Crippen LogP) is 9.64. The smallest absolute Gasteiger partial charge is 0.376 e. The summed E-state index contributed by atoms with van der Waals surface area (Å²) in [7, 11) is -0.424. The SMILES string of the molecule is CB(O)N1CCC(CC(=O)N2CCC(C3(O)c4ncc(Br)cc4CCc4cc(Cl)cc(Br)c43)CC2)CC1.OC1(C2CCNCC2)c2ncc(Br)cc2CCc2cc(Cl)cc(Br)c21. The van der Waals surface area contributed by atoms with Gasteiger partial charge in [-0.2, -0.15) is 0 Å². The lowest BCUT2D eigenvalue weighted by atomic mass is 9.72. The van der Waals surface area contributed by atoms with E-state index in [1.807, 2.05) is 29.2 Å². The van der Waals surface area contributed by atoms with Crippen molar-refractivity contribution in [3.63, 3.8) is 0 Å². The quantitative estimate of drug-likeness (QED) is 0.146. The van der Waals surface area contributed by atoms with Gasteiger partial charge in [-0.3, -0.25) is 14.8 Å². The van der Waals surface area contributed by atoms with Gasteiger partial charge in [-0.05, 0) is 194 Å². The van der Waals surface area contributed by atoms with E-state index in [-0.39, 0.29) is 17.7 Å². The number of nitrogens with zero attached hydrogens (tertiary/aromatic N) is 4. The van der Waals surface area contributed by atoms with Crippen LogP contribution >= 0.6 is 86.9 Å². The highest BCUT2D eigenvalue weighted by Gasteiger charge is 2.49. The summed E-state index contributed by atoms with van der Waals surface area (Å²) in [6, 6.07) is 11.9. The molecule has 2 aromatic heterocycles. The van der Waals surface area contributed by atoms with E-state index in [0.29, 0.717) is 54.0 Å². The number of aryl methyl sites for hydroxylation is 4. The summed E-state index contributed by atoms with van der Waals surface area (Å²) in [6.07, 6.45) is 12.5. The Morgan fingerprint density at radius 1 is 0.710 bits per heavy atom. The molecule has 4 aromatic rings. The lowest BCUT2D eigenvalue weighted by Crippen LogP contribution is -2.48. The van der Waals surface area contributed by atoms with Gasteiger partial charge in [0.25, 0.3) is 0 Å². The van der Waals surface area contributed by atoms with E-state index in [1.54, 1.807) is 19.2 Å². The van der Waals surface area contributed by atoms with Crippen molar-refractivity contribution in [1.29, 1.82) is 0 Å². The summed E-state index contributed by atoms with van der Waals surface area (Å²) in [5, 5.41) is 39.3. The largest absolute Gasteiger partial charge is 0.437 e. The van der Waals surface area contributed by atoms with Gasteiger partial charge in [-0.25, -0.2) is 0 Å². The van der Waals surface area contributed by atoms with Crippen molar-refractivity contribution in [2.45, 2.75) is 88.7 Å². The van der Waals surface area contributed by atoms with Crippen LogP contribution in [0.3, 0.4) is 0 Å². The first-order valence-electron chi connectivity index (χ1n) is 21.8. The third-order valence-electron chi connectivity index (χ3n) is 14.0. The van der Waals surface area contributed by atoms with E-state index in [2.05, 4.69) is 86.0 Å². The van der Waals surface area contributed by atoms with Crippen LogP contribution < -0.4 is 5.32 Å². The van der Waals surface area contributed by atoms with Crippen LogP contribution in [0, 0.1) is 17.8 Å². The molecule has 2 aromatic carbocycles. The van der Waals surface area contributed by atoms with Gasteiger partial charge in [0.15, 0.2) is 0 Å². The first-order chi connectivity index (χ1) is 29.7. The highest BCUT2D eigenvalue weighted by atomic mass is 79.9. The number of piperidine rings is 3. The molecule has 0 spiro atoms. The van der Waals surface area contributed by atoms with Gasteiger partial charge < -0.3 is 30.3 Å². The van der Waals surface area contributed by atoms with E-state index in [9.17, 15) is 20.0 Å². The van der Waals surface area contributed by atoms with Crippen molar-refractivity contribution >= 4 is 99.9 Å². The van der Waals surface area contributed by atoms with Gasteiger partial charge >= 0.3 is 7.05 Å². The molecule has 2 unspecified atom stereocenters. The van der Waals surface area contributed by atoms with E-state index in [1.165, 1.54) is 0 Å². The Hall–Kier alpha value is -1.43. The number of halogens is 6. The molecule has 62 heavy (non-hydrogen) atoms. The number of carbonyl (C=O) groups is 1. The third-order valence-corrected chi connectivity index (χ3v) is 16.5. The number of benzene rings is 2. The van der Waals surface area contributed by atoms with E-state index in [0.717, 1.165) is 135 Å². The minimum absolute atomic E-state index is 0.0763. The summed E-state index contributed by atoms with van der Waals surface area (Å²) in [5.74, 6) is 0.620. The minimum Gasteiger partial charge on any atom is -0.437 e. The molecule has 0 radical (unpaired) electrons. The van der Waals surface area contributed by atoms with Crippen LogP contribution in [0.2, 0.25) is 16.9 Å². The number of rotatable bonds is 5. The molecule has 16 heteroatoms. The monoisotopic (exact) mass is 1140 g/mol. The molecule has 0 saturated carbocycles. The Balaban J connectivity index is 0.000000184. The second kappa shape index (κ2) is 19.8. The maximum absolute atomic E-state index is 13.2. The maximum atomic E-state index is 13.2. The number of aliphatic hydroxyl groups is 2. The fraction of sp³-hybridized carbons (Fsp3) is 0.500. The number of hydrogen-bond acceptors (Lipinski definition) is 8. The molecule has 330 valence electrons. The topological polar surface area (TPSA) is 122 Å². The zero-order chi connectivity index (χ0) is 43.9. The molecule has 9 rings (SSSR count). The minimum atomic E-state index is -1.27. The fourth-order valence-corrected chi connectivity index (χ4v) is 13.9. The first-order valence-corrected chi connectivity index (χ1v) is 25.7. The van der Waals surface area contributed by atoms with Crippen molar-refractivity contribution in [2.24, 2.45) is 17.8 Å². The summed E-state index contributed by atoms with van der Waals surface area (Å²) in [5.41, 5.74) is 5.23. The average molecular weight is 1140 g/mol. The lowest BCUT2D eigenvalue weighted by molar-refractivity contribution is -0.135. The molecule has 1 amide bonds. The van der Waals surface area contributed by atoms with Crippen molar-refractivity contribution in [2.75, 3.05) is 39.3 Å². The molecule has 4 N–H and O–H groups in total. The number of carbonyl (C=O) groups excluding carboxylic acids is 1. The first kappa shape index (κ1) is 47.1. The zero-order valence-electron chi connectivity index (χ0n) is 34.8. The Labute approximate surface area is 408 Å². The maximum Gasteiger partial charge on any atom is 0.376 e.